The van der Waals surface area contributed by atoms with Gasteiger partial charge in [-0.15, -0.1) is 6.58 Å². The summed E-state index contributed by atoms with van der Waals surface area (Å²) in [6.07, 6.45) is 5.03. The van der Waals surface area contributed by atoms with Crippen molar-refractivity contribution in [2.45, 2.75) is 26.7 Å². The largest absolute Gasteiger partial charge is 0.341 e. The van der Waals surface area contributed by atoms with Crippen LogP contribution in [0.5, 0.6) is 0 Å². The van der Waals surface area contributed by atoms with Gasteiger partial charge in [-0.2, -0.15) is 0 Å². The summed E-state index contributed by atoms with van der Waals surface area (Å²) < 4.78 is 6.44. The molecular weight excluding hydrogens is 383 g/mol. The fourth-order valence-corrected chi connectivity index (χ4v) is 7.44. The van der Waals surface area contributed by atoms with E-state index >= 15 is 0 Å². The van der Waals surface area contributed by atoms with E-state index in [1.807, 2.05) is 0 Å². The van der Waals surface area contributed by atoms with Crippen molar-refractivity contribution < 1.29 is 4.74 Å². The van der Waals surface area contributed by atoms with E-state index in [0.717, 1.165) is 12.8 Å². The molecule has 0 heterocycles. The summed E-state index contributed by atoms with van der Waals surface area (Å²) in [5.74, 6) is 0. The number of hydrogen-bond donors (Lipinski definition) is 0. The van der Waals surface area contributed by atoms with Crippen molar-refractivity contribution in [3.8, 4) is 0 Å². The number of rotatable bonds is 10. The second-order valence-electron chi connectivity index (χ2n) is 7.84. The van der Waals surface area contributed by atoms with Crippen LogP contribution >= 0.6 is 7.26 Å². The van der Waals surface area contributed by atoms with E-state index in [4.69, 9.17) is 4.74 Å². The topological polar surface area (TPSA) is 9.23 Å². The standard InChI is InChI=1S/C28H32OP/c1-24(2)14-13-15-25(3)22-29-23-30(26-16-7-4-8-17-26,27-18-9-5-10-19-27)28-20-11-6-12-21-28/h4-12,15-21H,1,13-14,22-23H2,2-3H3/q+1. The molecule has 0 N–H and O–H groups in total. The molecule has 0 radical (unpaired) electrons. The van der Waals surface area contributed by atoms with Gasteiger partial charge in [-0.05, 0) is 63.1 Å². The smallest absolute Gasteiger partial charge is 0.171 e. The summed E-state index contributed by atoms with van der Waals surface area (Å²) in [4.78, 5) is 0. The van der Waals surface area contributed by atoms with E-state index in [1.165, 1.54) is 27.1 Å². The van der Waals surface area contributed by atoms with Crippen LogP contribution in [-0.2, 0) is 4.74 Å². The highest BCUT2D eigenvalue weighted by molar-refractivity contribution is 7.95. The second kappa shape index (κ2) is 11.1. The minimum Gasteiger partial charge on any atom is -0.341 e. The second-order valence-corrected chi connectivity index (χ2v) is 11.3. The Kier molecular flexibility index (Phi) is 8.20. The Balaban J connectivity index is 1.94. The highest BCUT2D eigenvalue weighted by Gasteiger charge is 2.45. The molecule has 0 aliphatic heterocycles. The van der Waals surface area contributed by atoms with Gasteiger partial charge in [0, 0.05) is 0 Å². The zero-order chi connectivity index (χ0) is 21.2. The molecule has 154 valence electrons. The maximum Gasteiger partial charge on any atom is 0.171 e. The molecule has 3 aromatic rings. The number of benzene rings is 3. The maximum absolute atomic E-state index is 6.44. The Bertz CT molecular complexity index is 849. The minimum atomic E-state index is -1.91. The van der Waals surface area contributed by atoms with E-state index in [2.05, 4.69) is 117 Å². The van der Waals surface area contributed by atoms with Crippen LogP contribution < -0.4 is 15.9 Å². The number of allylic oxidation sites excluding steroid dienone is 2. The first-order valence-corrected chi connectivity index (χ1v) is 12.5. The van der Waals surface area contributed by atoms with Gasteiger partial charge < -0.3 is 4.74 Å². The van der Waals surface area contributed by atoms with Gasteiger partial charge in [-0.1, -0.05) is 71.8 Å². The molecule has 0 saturated heterocycles. The highest BCUT2D eigenvalue weighted by atomic mass is 31.2. The van der Waals surface area contributed by atoms with Crippen molar-refractivity contribution >= 4 is 23.2 Å². The summed E-state index contributed by atoms with van der Waals surface area (Å²) >= 11 is 0. The summed E-state index contributed by atoms with van der Waals surface area (Å²) in [6.45, 7) is 8.89. The monoisotopic (exact) mass is 415 g/mol. The third-order valence-electron chi connectivity index (χ3n) is 5.27. The van der Waals surface area contributed by atoms with Crippen LogP contribution in [0.15, 0.2) is 115 Å². The van der Waals surface area contributed by atoms with Gasteiger partial charge in [-0.25, -0.2) is 0 Å². The van der Waals surface area contributed by atoms with E-state index in [0.29, 0.717) is 13.0 Å². The highest BCUT2D eigenvalue weighted by Crippen LogP contribution is 2.55. The normalized spacial score (nSPS) is 12.0. The van der Waals surface area contributed by atoms with Crippen LogP contribution in [0.25, 0.3) is 0 Å². The predicted octanol–water partition coefficient (Wildman–Crippen LogP) is 6.26. The van der Waals surface area contributed by atoms with Gasteiger partial charge in [0.15, 0.2) is 6.35 Å². The first kappa shape index (κ1) is 22.2. The average molecular weight is 416 g/mol. The van der Waals surface area contributed by atoms with Crippen molar-refractivity contribution in [1.29, 1.82) is 0 Å². The Morgan fingerprint density at radius 1 is 0.767 bits per heavy atom. The molecule has 0 aliphatic carbocycles. The fourth-order valence-electron chi connectivity index (χ4n) is 3.69. The Hall–Kier alpha value is -2.47. The van der Waals surface area contributed by atoms with E-state index in [1.54, 1.807) is 0 Å². The third kappa shape index (κ3) is 5.57. The lowest BCUT2D eigenvalue weighted by Crippen LogP contribution is -2.34. The molecule has 0 bridgehead atoms. The van der Waals surface area contributed by atoms with Crippen LogP contribution in [0.3, 0.4) is 0 Å². The SMILES string of the molecule is C=C(C)CCC=C(C)COC[P+](c1ccccc1)(c1ccccc1)c1ccccc1. The molecule has 3 rings (SSSR count). The molecule has 30 heavy (non-hydrogen) atoms. The van der Waals surface area contributed by atoms with Crippen molar-refractivity contribution in [2.75, 3.05) is 13.0 Å². The molecule has 0 unspecified atom stereocenters. The molecule has 2 heteroatoms. The van der Waals surface area contributed by atoms with E-state index in [9.17, 15) is 0 Å². The Morgan fingerprint density at radius 3 is 1.60 bits per heavy atom. The summed E-state index contributed by atoms with van der Waals surface area (Å²) in [5, 5.41) is 4.06. The summed E-state index contributed by atoms with van der Waals surface area (Å²) in [6, 6.07) is 32.6. The molecule has 0 fully saturated rings. The summed E-state index contributed by atoms with van der Waals surface area (Å²) in [7, 11) is -1.91. The molecule has 0 spiro atoms. The molecule has 0 aromatic heterocycles. The lowest BCUT2D eigenvalue weighted by molar-refractivity contribution is 0.205. The molecule has 3 aromatic carbocycles. The van der Waals surface area contributed by atoms with Gasteiger partial charge in [0.1, 0.15) is 23.2 Å². The molecule has 0 atom stereocenters. The zero-order valence-electron chi connectivity index (χ0n) is 18.1. The van der Waals surface area contributed by atoms with Gasteiger partial charge in [-0.3, -0.25) is 0 Å². The van der Waals surface area contributed by atoms with Crippen LogP contribution in [0.4, 0.5) is 0 Å². The first-order chi connectivity index (χ1) is 14.6. The van der Waals surface area contributed by atoms with Crippen LogP contribution in [0.2, 0.25) is 0 Å². The van der Waals surface area contributed by atoms with Crippen molar-refractivity contribution in [1.82, 2.24) is 0 Å². The Labute approximate surface area is 182 Å². The fraction of sp³-hybridized carbons (Fsp3) is 0.214. The minimum absolute atomic E-state index is 0.657. The zero-order valence-corrected chi connectivity index (χ0v) is 19.0. The molecule has 0 amide bonds. The van der Waals surface area contributed by atoms with Crippen molar-refractivity contribution in [3.05, 3.63) is 115 Å². The van der Waals surface area contributed by atoms with Gasteiger partial charge >= 0.3 is 0 Å². The molecule has 0 saturated carbocycles. The van der Waals surface area contributed by atoms with Gasteiger partial charge in [0.05, 0.1) is 6.61 Å². The predicted molar refractivity (Wildman–Crippen MR) is 134 cm³/mol. The van der Waals surface area contributed by atoms with E-state index < -0.39 is 7.26 Å². The molecular formula is C28H32OP+. The molecule has 0 aliphatic rings. The van der Waals surface area contributed by atoms with Crippen LogP contribution in [-0.4, -0.2) is 13.0 Å². The Morgan fingerprint density at radius 2 is 1.20 bits per heavy atom. The van der Waals surface area contributed by atoms with Crippen LogP contribution in [0.1, 0.15) is 26.7 Å². The summed E-state index contributed by atoms with van der Waals surface area (Å²) in [5.41, 5.74) is 2.51. The molecule has 1 nitrogen and oxygen atoms in total. The van der Waals surface area contributed by atoms with Gasteiger partial charge in [0.25, 0.3) is 0 Å². The van der Waals surface area contributed by atoms with Gasteiger partial charge in [0.2, 0.25) is 0 Å². The lowest BCUT2D eigenvalue weighted by atomic mass is 10.1. The van der Waals surface area contributed by atoms with Crippen molar-refractivity contribution in [3.63, 3.8) is 0 Å². The number of hydrogen-bond acceptors (Lipinski definition) is 1. The first-order valence-electron chi connectivity index (χ1n) is 10.6. The lowest BCUT2D eigenvalue weighted by Gasteiger charge is -2.27. The number of ether oxygens (including phenoxy) is 1. The third-order valence-corrected chi connectivity index (χ3v) is 9.38. The maximum atomic E-state index is 6.44. The van der Waals surface area contributed by atoms with Crippen molar-refractivity contribution in [2.24, 2.45) is 0 Å². The van der Waals surface area contributed by atoms with E-state index in [-0.39, 0.29) is 0 Å². The quantitative estimate of drug-likeness (QED) is 0.281. The van der Waals surface area contributed by atoms with Crippen LogP contribution in [0, 0.1) is 0 Å². The average Bonchev–Trinajstić information content (AvgIpc) is 2.78.